The molecular formula is C6H11F3N4. The summed E-state index contributed by atoms with van der Waals surface area (Å²) in [6, 6.07) is 0. The van der Waals surface area contributed by atoms with Gasteiger partial charge >= 0.3 is 6.18 Å². The molecule has 1 heterocycles. The van der Waals surface area contributed by atoms with Crippen molar-refractivity contribution in [3.05, 3.63) is 0 Å². The maximum Gasteiger partial charge on any atom is 0.422 e. The lowest BCUT2D eigenvalue weighted by molar-refractivity contribution is -0.172. The Kier molecular flexibility index (Phi) is 2.77. The van der Waals surface area contributed by atoms with E-state index < -0.39 is 12.3 Å². The molecule has 4 nitrogen and oxygen atoms in total. The van der Waals surface area contributed by atoms with E-state index in [0.717, 1.165) is 4.90 Å². The van der Waals surface area contributed by atoms with Crippen LogP contribution in [0.25, 0.3) is 0 Å². The van der Waals surface area contributed by atoms with Gasteiger partial charge in [0.1, 0.15) is 5.84 Å². The Morgan fingerprint density at radius 2 is 2.15 bits per heavy atom. The fourth-order valence-electron chi connectivity index (χ4n) is 1.13. The molecular weight excluding hydrogens is 185 g/mol. The molecule has 1 fully saturated rings. The quantitative estimate of drug-likeness (QED) is 0.540. The average molecular weight is 196 g/mol. The predicted molar refractivity (Wildman–Crippen MR) is 41.3 cm³/mol. The van der Waals surface area contributed by atoms with Crippen molar-refractivity contribution >= 4 is 5.84 Å². The van der Waals surface area contributed by atoms with Gasteiger partial charge in [-0.2, -0.15) is 13.2 Å². The van der Waals surface area contributed by atoms with Crippen LogP contribution in [-0.2, 0) is 0 Å². The topological polar surface area (TPSA) is 65.1 Å². The number of hydrogen-bond donors (Lipinski definition) is 3. The van der Waals surface area contributed by atoms with E-state index in [4.69, 9.17) is 11.1 Å². The minimum Gasteiger partial charge on any atom is -0.335 e. The molecule has 1 saturated heterocycles. The van der Waals surface area contributed by atoms with Crippen molar-refractivity contribution < 1.29 is 13.2 Å². The van der Waals surface area contributed by atoms with Crippen molar-refractivity contribution in [2.24, 2.45) is 5.73 Å². The first-order valence-electron chi connectivity index (χ1n) is 3.80. The highest BCUT2D eigenvalue weighted by molar-refractivity contribution is 5.82. The Morgan fingerprint density at radius 3 is 2.62 bits per heavy atom. The first kappa shape index (κ1) is 10.3. The molecule has 1 atom stereocenters. The summed E-state index contributed by atoms with van der Waals surface area (Å²) in [6.07, 6.45) is -6.52. The normalized spacial score (nSPS) is 21.8. The largest absolute Gasteiger partial charge is 0.422 e. The van der Waals surface area contributed by atoms with E-state index in [9.17, 15) is 13.2 Å². The van der Waals surface area contributed by atoms with Crippen molar-refractivity contribution in [3.63, 3.8) is 0 Å². The smallest absolute Gasteiger partial charge is 0.335 e. The molecule has 0 aliphatic carbocycles. The lowest BCUT2D eigenvalue weighted by atomic mass is 10.3. The summed E-state index contributed by atoms with van der Waals surface area (Å²) in [4.78, 5) is 0.858. The van der Waals surface area contributed by atoms with E-state index in [1.807, 2.05) is 0 Å². The predicted octanol–water partition coefficient (Wildman–Crippen LogP) is -0.284. The van der Waals surface area contributed by atoms with Gasteiger partial charge in [-0.25, -0.2) is 0 Å². The molecule has 76 valence electrons. The Morgan fingerprint density at radius 1 is 1.54 bits per heavy atom. The van der Waals surface area contributed by atoms with Crippen molar-refractivity contribution in [2.45, 2.75) is 12.3 Å². The highest BCUT2D eigenvalue weighted by Crippen LogP contribution is 2.21. The summed E-state index contributed by atoms with van der Waals surface area (Å²) in [6.45, 7) is 0.690. The molecule has 13 heavy (non-hydrogen) atoms. The van der Waals surface area contributed by atoms with Crippen LogP contribution in [0.4, 0.5) is 13.2 Å². The molecule has 0 aromatic carbocycles. The van der Waals surface area contributed by atoms with Gasteiger partial charge in [0.2, 0.25) is 0 Å². The monoisotopic (exact) mass is 196 g/mol. The van der Waals surface area contributed by atoms with Crippen molar-refractivity contribution in [3.8, 4) is 0 Å². The van der Waals surface area contributed by atoms with Gasteiger partial charge in [-0.3, -0.25) is 5.41 Å². The number of hydrogen-bond acceptors (Lipinski definition) is 3. The number of halogens is 3. The van der Waals surface area contributed by atoms with Gasteiger partial charge in [-0.15, -0.1) is 0 Å². The number of rotatable bonds is 1. The summed E-state index contributed by atoms with van der Waals surface area (Å²) in [5, 5.41) is 10.0. The Hall–Kier alpha value is -0.820. The summed E-state index contributed by atoms with van der Waals surface area (Å²) < 4.78 is 36.4. The third-order valence-corrected chi connectivity index (χ3v) is 1.84. The molecule has 7 heteroatoms. The molecule has 1 unspecified atom stereocenters. The van der Waals surface area contributed by atoms with Crippen molar-refractivity contribution in [1.29, 1.82) is 5.41 Å². The summed E-state index contributed by atoms with van der Waals surface area (Å²) in [5.41, 5.74) is 4.95. The van der Waals surface area contributed by atoms with Crippen LogP contribution in [0.15, 0.2) is 0 Å². The maximum absolute atomic E-state index is 12.1. The van der Waals surface area contributed by atoms with E-state index in [1.165, 1.54) is 0 Å². The zero-order valence-electron chi connectivity index (χ0n) is 6.86. The van der Waals surface area contributed by atoms with Gasteiger partial charge in [-0.05, 0) is 0 Å². The van der Waals surface area contributed by atoms with Crippen LogP contribution < -0.4 is 11.1 Å². The lowest BCUT2D eigenvalue weighted by Gasteiger charge is -2.35. The third kappa shape index (κ3) is 2.31. The number of piperazine rings is 1. The highest BCUT2D eigenvalue weighted by atomic mass is 19.4. The number of nitrogens with two attached hydrogens (primary N) is 1. The zero-order valence-corrected chi connectivity index (χ0v) is 6.86. The number of nitrogens with one attached hydrogen (secondary N) is 2. The third-order valence-electron chi connectivity index (χ3n) is 1.84. The van der Waals surface area contributed by atoms with Gasteiger partial charge in [0, 0.05) is 13.1 Å². The van der Waals surface area contributed by atoms with Crippen LogP contribution in [-0.4, -0.2) is 42.7 Å². The summed E-state index contributed by atoms with van der Waals surface area (Å²) >= 11 is 0. The molecule has 0 saturated carbocycles. The standard InChI is InChI=1S/C6H11F3N4/c7-6(8,9)5(11)13-2-1-12-3-4(13)10/h5,10,12H,1-3,11H2. The molecule has 0 radical (unpaired) electrons. The minimum atomic E-state index is -4.47. The maximum atomic E-state index is 12.1. The fourth-order valence-corrected chi connectivity index (χ4v) is 1.13. The minimum absolute atomic E-state index is 0.115. The van der Waals surface area contributed by atoms with Gasteiger partial charge in [0.15, 0.2) is 6.17 Å². The average Bonchev–Trinajstić information content (AvgIpc) is 2.02. The van der Waals surface area contributed by atoms with Gasteiger partial charge in [-0.1, -0.05) is 0 Å². The second-order valence-electron chi connectivity index (χ2n) is 2.80. The second kappa shape index (κ2) is 3.51. The van der Waals surface area contributed by atoms with E-state index in [0.29, 0.717) is 6.54 Å². The van der Waals surface area contributed by atoms with Crippen LogP contribution in [0, 0.1) is 5.41 Å². The zero-order chi connectivity index (χ0) is 10.1. The molecule has 0 spiro atoms. The number of alkyl halides is 3. The number of nitrogens with zero attached hydrogens (tertiary/aromatic N) is 1. The molecule has 4 N–H and O–H groups in total. The van der Waals surface area contributed by atoms with Crippen LogP contribution >= 0.6 is 0 Å². The molecule has 1 aliphatic heterocycles. The van der Waals surface area contributed by atoms with Crippen LogP contribution in [0.2, 0.25) is 0 Å². The summed E-state index contributed by atoms with van der Waals surface area (Å²) in [5.74, 6) is -0.115. The lowest BCUT2D eigenvalue weighted by Crippen LogP contribution is -2.60. The molecule has 0 amide bonds. The Bertz CT molecular complexity index is 203. The molecule has 0 aromatic heterocycles. The first-order valence-corrected chi connectivity index (χ1v) is 3.80. The highest BCUT2D eigenvalue weighted by Gasteiger charge is 2.42. The Balaban J connectivity index is 2.64. The molecule has 0 bridgehead atoms. The SMILES string of the molecule is N=C1CNCCN1C(N)C(F)(F)F. The molecule has 0 aromatic rings. The van der Waals surface area contributed by atoms with Gasteiger partial charge < -0.3 is 16.0 Å². The van der Waals surface area contributed by atoms with Crippen LogP contribution in [0.3, 0.4) is 0 Å². The van der Waals surface area contributed by atoms with Crippen LogP contribution in [0.5, 0.6) is 0 Å². The van der Waals surface area contributed by atoms with Gasteiger partial charge in [0.25, 0.3) is 0 Å². The van der Waals surface area contributed by atoms with Crippen molar-refractivity contribution in [1.82, 2.24) is 10.2 Å². The summed E-state index contributed by atoms with van der Waals surface area (Å²) in [7, 11) is 0. The first-order chi connectivity index (χ1) is 5.93. The van der Waals surface area contributed by atoms with E-state index in [1.54, 1.807) is 0 Å². The van der Waals surface area contributed by atoms with E-state index >= 15 is 0 Å². The fraction of sp³-hybridized carbons (Fsp3) is 0.833. The van der Waals surface area contributed by atoms with Crippen molar-refractivity contribution in [2.75, 3.05) is 19.6 Å². The van der Waals surface area contributed by atoms with E-state index in [-0.39, 0.29) is 18.9 Å². The van der Waals surface area contributed by atoms with Crippen LogP contribution in [0.1, 0.15) is 0 Å². The second-order valence-corrected chi connectivity index (χ2v) is 2.80. The number of amidine groups is 1. The van der Waals surface area contributed by atoms with Gasteiger partial charge in [0.05, 0.1) is 6.54 Å². The molecule has 1 rings (SSSR count). The molecule has 1 aliphatic rings. The van der Waals surface area contributed by atoms with E-state index in [2.05, 4.69) is 5.32 Å². The Labute approximate surface area is 73.4 Å².